The number of hydrogen-bond acceptors (Lipinski definition) is 4. The minimum atomic E-state index is -0.677. The van der Waals surface area contributed by atoms with Crippen LogP contribution in [0.15, 0.2) is 22.7 Å². The fraction of sp³-hybridized carbons (Fsp3) is 0.250. The summed E-state index contributed by atoms with van der Waals surface area (Å²) in [6, 6.07) is 5.00. The van der Waals surface area contributed by atoms with Gasteiger partial charge in [-0.15, -0.1) is 0 Å². The molecule has 1 heterocycles. The molecule has 0 spiro atoms. The number of methoxy groups -OCH3 is 1. The number of benzene rings is 1. The third-order valence-corrected chi connectivity index (χ3v) is 3.89. The molecule has 0 aliphatic carbocycles. The molecule has 0 saturated carbocycles. The number of hydrogen-bond donors (Lipinski definition) is 0. The highest BCUT2D eigenvalue weighted by Crippen LogP contribution is 2.31. The van der Waals surface area contributed by atoms with Crippen LogP contribution in [0.2, 0.25) is 0 Å². The van der Waals surface area contributed by atoms with E-state index in [0.29, 0.717) is 11.3 Å². The maximum absolute atomic E-state index is 11.9. The van der Waals surface area contributed by atoms with Crippen LogP contribution in [0.4, 0.5) is 5.69 Å². The molecule has 0 fully saturated rings. The number of carbonyl (C=O) groups is 3. The molecule has 100 valence electrons. The molecule has 1 aliphatic heterocycles. The van der Waals surface area contributed by atoms with Gasteiger partial charge in [0.05, 0.1) is 18.4 Å². The second-order valence-corrected chi connectivity index (χ2v) is 5.92. The van der Waals surface area contributed by atoms with E-state index < -0.39 is 22.5 Å². The average Bonchev–Trinajstić information content (AvgIpc) is 2.62. The first-order valence-corrected chi connectivity index (χ1v) is 7.04. The van der Waals surface area contributed by atoms with Crippen molar-refractivity contribution in [1.82, 2.24) is 0 Å². The topological polar surface area (TPSA) is 63.7 Å². The Hall–Kier alpha value is -1.21. The number of fused-ring (bicyclic) bond motifs is 1. The van der Waals surface area contributed by atoms with Gasteiger partial charge in [-0.2, -0.15) is 0 Å². The first-order chi connectivity index (χ1) is 8.95. The molecule has 1 amide bonds. The van der Waals surface area contributed by atoms with Crippen molar-refractivity contribution in [2.24, 2.45) is 0 Å². The number of Topliss-reactive ketones (excluding diaryl/α,β-unsaturated/α-hetero) is 1. The predicted molar refractivity (Wildman–Crippen MR) is 75.6 cm³/mol. The van der Waals surface area contributed by atoms with Gasteiger partial charge in [0.15, 0.2) is 0 Å². The molecule has 0 N–H and O–H groups in total. The summed E-state index contributed by atoms with van der Waals surface area (Å²) in [5, 5.41) is 0. The van der Waals surface area contributed by atoms with Crippen molar-refractivity contribution < 1.29 is 19.1 Å². The van der Waals surface area contributed by atoms with Crippen LogP contribution < -0.4 is 4.90 Å². The highest BCUT2D eigenvalue weighted by molar-refractivity contribution is 9.10. The lowest BCUT2D eigenvalue weighted by Crippen LogP contribution is -2.37. The number of esters is 1. The Bertz CT molecular complexity index is 573. The van der Waals surface area contributed by atoms with E-state index in [0.717, 1.165) is 4.47 Å². The minimum absolute atomic E-state index is 0.0475. The lowest BCUT2D eigenvalue weighted by atomic mass is 10.1. The largest absolute Gasteiger partial charge is 0.468 e. The van der Waals surface area contributed by atoms with Crippen LogP contribution in [0, 0.1) is 0 Å². The van der Waals surface area contributed by atoms with E-state index in [1.807, 2.05) is 0 Å². The van der Waals surface area contributed by atoms with E-state index >= 15 is 0 Å². The number of ketones is 1. The number of anilines is 1. The maximum atomic E-state index is 11.9. The van der Waals surface area contributed by atoms with Gasteiger partial charge in [-0.05, 0) is 18.2 Å². The number of rotatable bonds is 3. The molecule has 2 rings (SSSR count). The van der Waals surface area contributed by atoms with Gasteiger partial charge in [-0.1, -0.05) is 31.9 Å². The molecule has 0 aromatic heterocycles. The molecule has 19 heavy (non-hydrogen) atoms. The second kappa shape index (κ2) is 5.42. The minimum Gasteiger partial charge on any atom is -0.468 e. The van der Waals surface area contributed by atoms with Gasteiger partial charge in [0.1, 0.15) is 4.83 Å². The first-order valence-electron chi connectivity index (χ1n) is 5.33. The van der Waals surface area contributed by atoms with Gasteiger partial charge in [-0.25, -0.2) is 0 Å². The monoisotopic (exact) mass is 389 g/mol. The average molecular weight is 391 g/mol. The van der Waals surface area contributed by atoms with Crippen LogP contribution in [-0.4, -0.2) is 36.1 Å². The zero-order valence-corrected chi connectivity index (χ0v) is 13.0. The Kier molecular flexibility index (Phi) is 4.05. The van der Waals surface area contributed by atoms with Crippen molar-refractivity contribution >= 4 is 55.2 Å². The summed E-state index contributed by atoms with van der Waals surface area (Å²) in [6.45, 7) is 0.0475. The van der Waals surface area contributed by atoms with Crippen molar-refractivity contribution in [1.29, 1.82) is 0 Å². The van der Waals surface area contributed by atoms with Crippen molar-refractivity contribution in [2.45, 2.75) is 4.83 Å². The predicted octanol–water partition coefficient (Wildman–Crippen LogP) is 1.91. The Balaban J connectivity index is 2.31. The summed E-state index contributed by atoms with van der Waals surface area (Å²) in [5.74, 6) is -1.70. The SMILES string of the molecule is COC(=O)C(Br)CN1C(=O)C(=O)c2cc(Br)ccc21. The lowest BCUT2D eigenvalue weighted by Gasteiger charge is -2.18. The molecule has 0 bridgehead atoms. The van der Waals surface area contributed by atoms with Crippen molar-refractivity contribution in [3.63, 3.8) is 0 Å². The Labute approximate surface area is 126 Å². The number of ether oxygens (including phenoxy) is 1. The smallest absolute Gasteiger partial charge is 0.321 e. The fourth-order valence-electron chi connectivity index (χ4n) is 1.82. The molecule has 5 nitrogen and oxygen atoms in total. The van der Waals surface area contributed by atoms with Gasteiger partial charge in [0.2, 0.25) is 0 Å². The molecule has 1 aliphatic rings. The molecule has 7 heteroatoms. The second-order valence-electron chi connectivity index (χ2n) is 3.90. The van der Waals surface area contributed by atoms with Crippen LogP contribution >= 0.6 is 31.9 Å². The first kappa shape index (κ1) is 14.2. The molecule has 0 radical (unpaired) electrons. The van der Waals surface area contributed by atoms with Gasteiger partial charge in [-0.3, -0.25) is 14.4 Å². The lowest BCUT2D eigenvalue weighted by molar-refractivity contribution is -0.139. The molecule has 1 unspecified atom stereocenters. The zero-order chi connectivity index (χ0) is 14.2. The van der Waals surface area contributed by atoms with E-state index in [-0.39, 0.29) is 6.54 Å². The number of carbonyl (C=O) groups excluding carboxylic acids is 3. The maximum Gasteiger partial charge on any atom is 0.321 e. The molecule has 0 saturated heterocycles. The van der Waals surface area contributed by atoms with E-state index in [1.165, 1.54) is 12.0 Å². The molecular formula is C12H9Br2NO4. The van der Waals surface area contributed by atoms with E-state index in [1.54, 1.807) is 18.2 Å². The standard InChI is InChI=1S/C12H9Br2NO4/c1-19-12(18)8(14)5-15-9-3-2-6(13)4-7(9)10(16)11(15)17/h2-4,8H,5H2,1H3. The van der Waals surface area contributed by atoms with E-state index in [9.17, 15) is 14.4 Å². The normalized spacial score (nSPS) is 15.4. The summed E-state index contributed by atoms with van der Waals surface area (Å²) in [7, 11) is 1.26. The molecular weight excluding hydrogens is 382 g/mol. The number of halogens is 2. The molecule has 1 atom stereocenters. The summed E-state index contributed by atoms with van der Waals surface area (Å²) in [5.41, 5.74) is 0.843. The van der Waals surface area contributed by atoms with Gasteiger partial charge < -0.3 is 9.64 Å². The van der Waals surface area contributed by atoms with E-state index in [2.05, 4.69) is 36.6 Å². The summed E-state index contributed by atoms with van der Waals surface area (Å²) < 4.78 is 5.30. The number of nitrogens with zero attached hydrogens (tertiary/aromatic N) is 1. The number of alkyl halides is 1. The quantitative estimate of drug-likeness (QED) is 0.449. The fourth-order valence-corrected chi connectivity index (χ4v) is 2.65. The van der Waals surface area contributed by atoms with Crippen LogP contribution in [0.5, 0.6) is 0 Å². The van der Waals surface area contributed by atoms with Crippen LogP contribution in [0.3, 0.4) is 0 Å². The third kappa shape index (κ3) is 2.57. The van der Waals surface area contributed by atoms with Gasteiger partial charge in [0, 0.05) is 11.0 Å². The van der Waals surface area contributed by atoms with Crippen LogP contribution in [-0.2, 0) is 14.3 Å². The van der Waals surface area contributed by atoms with Gasteiger partial charge >= 0.3 is 5.97 Å². The van der Waals surface area contributed by atoms with Crippen LogP contribution in [0.1, 0.15) is 10.4 Å². The molecule has 1 aromatic carbocycles. The Morgan fingerprint density at radius 1 is 1.42 bits per heavy atom. The summed E-state index contributed by atoms with van der Waals surface area (Å²) >= 11 is 6.39. The Morgan fingerprint density at radius 3 is 2.74 bits per heavy atom. The third-order valence-electron chi connectivity index (χ3n) is 2.73. The van der Waals surface area contributed by atoms with Gasteiger partial charge in [0.25, 0.3) is 11.7 Å². The highest BCUT2D eigenvalue weighted by atomic mass is 79.9. The zero-order valence-electron chi connectivity index (χ0n) is 9.85. The van der Waals surface area contributed by atoms with E-state index in [4.69, 9.17) is 0 Å². The molecule has 1 aromatic rings. The Morgan fingerprint density at radius 2 is 2.11 bits per heavy atom. The summed E-state index contributed by atoms with van der Waals surface area (Å²) in [4.78, 5) is 35.7. The number of amides is 1. The highest BCUT2D eigenvalue weighted by Gasteiger charge is 2.37. The van der Waals surface area contributed by atoms with Crippen molar-refractivity contribution in [3.8, 4) is 0 Å². The van der Waals surface area contributed by atoms with Crippen molar-refractivity contribution in [3.05, 3.63) is 28.2 Å². The van der Waals surface area contributed by atoms with Crippen molar-refractivity contribution in [2.75, 3.05) is 18.6 Å². The summed E-state index contributed by atoms with van der Waals surface area (Å²) in [6.07, 6.45) is 0. The van der Waals surface area contributed by atoms with Crippen LogP contribution in [0.25, 0.3) is 0 Å².